The van der Waals surface area contributed by atoms with Gasteiger partial charge < -0.3 is 4.74 Å². The molecule has 1 atom stereocenters. The number of ether oxygens (including phenoxy) is 1. The van der Waals surface area contributed by atoms with Gasteiger partial charge in [0.15, 0.2) is 6.10 Å². The number of sulfonamides is 1. The van der Waals surface area contributed by atoms with E-state index in [0.717, 1.165) is 0 Å². The van der Waals surface area contributed by atoms with Gasteiger partial charge in [0.2, 0.25) is 0 Å². The monoisotopic (exact) mass is 379 g/mol. The number of nitrogens with one attached hydrogen (secondary N) is 2. The fourth-order valence-electron chi connectivity index (χ4n) is 1.76. The maximum atomic E-state index is 12.1. The SMILES string of the molecule is C[C@H](Oc1ccc(C#N)cc1)C(=O)NNS(=O)(=O)c1ccc(Cl)cc1. The first-order valence-corrected chi connectivity index (χ1v) is 8.92. The molecule has 130 valence electrons. The van der Waals surface area contributed by atoms with Crippen LogP contribution in [0, 0.1) is 11.3 Å². The van der Waals surface area contributed by atoms with E-state index in [2.05, 4.69) is 5.43 Å². The molecule has 0 aliphatic heterocycles. The predicted octanol–water partition coefficient (Wildman–Crippen LogP) is 1.99. The standard InChI is InChI=1S/C16H14ClN3O4S/c1-11(24-14-6-2-12(10-18)3-7-14)16(21)19-20-25(22,23)15-8-4-13(17)5-9-15/h2-9,11,20H,1H3,(H,19,21)/t11-/m0/s1. The average molecular weight is 380 g/mol. The summed E-state index contributed by atoms with van der Waals surface area (Å²) in [4.78, 5) is 13.9. The van der Waals surface area contributed by atoms with Crippen LogP contribution in [-0.4, -0.2) is 20.4 Å². The van der Waals surface area contributed by atoms with Crippen molar-refractivity contribution in [3.63, 3.8) is 0 Å². The molecule has 0 saturated carbocycles. The smallest absolute Gasteiger partial charge is 0.275 e. The highest BCUT2D eigenvalue weighted by Gasteiger charge is 2.19. The van der Waals surface area contributed by atoms with Crippen molar-refractivity contribution in [3.05, 3.63) is 59.1 Å². The van der Waals surface area contributed by atoms with Gasteiger partial charge in [-0.15, -0.1) is 4.83 Å². The molecule has 25 heavy (non-hydrogen) atoms. The molecule has 0 heterocycles. The molecule has 0 radical (unpaired) electrons. The summed E-state index contributed by atoms with van der Waals surface area (Å²) in [5.41, 5.74) is 2.55. The zero-order valence-electron chi connectivity index (χ0n) is 13.1. The van der Waals surface area contributed by atoms with Crippen molar-refractivity contribution in [1.29, 1.82) is 5.26 Å². The van der Waals surface area contributed by atoms with Gasteiger partial charge in [-0.25, -0.2) is 8.42 Å². The van der Waals surface area contributed by atoms with E-state index >= 15 is 0 Å². The van der Waals surface area contributed by atoms with Gasteiger partial charge in [-0.05, 0) is 55.5 Å². The molecule has 2 rings (SSSR count). The summed E-state index contributed by atoms with van der Waals surface area (Å²) < 4.78 is 29.5. The van der Waals surface area contributed by atoms with Crippen LogP contribution in [0.4, 0.5) is 0 Å². The maximum absolute atomic E-state index is 12.1. The minimum atomic E-state index is -3.92. The zero-order chi connectivity index (χ0) is 18.4. The van der Waals surface area contributed by atoms with Gasteiger partial charge in [0.05, 0.1) is 16.5 Å². The fourth-order valence-corrected chi connectivity index (χ4v) is 2.73. The second kappa shape index (κ2) is 7.98. The summed E-state index contributed by atoms with van der Waals surface area (Å²) in [6.07, 6.45) is -0.958. The van der Waals surface area contributed by atoms with E-state index in [1.807, 2.05) is 10.9 Å². The minimum absolute atomic E-state index is 0.0436. The number of carbonyl (C=O) groups excluding carboxylic acids is 1. The van der Waals surface area contributed by atoms with Crippen LogP contribution in [0.15, 0.2) is 53.4 Å². The molecule has 0 spiro atoms. The van der Waals surface area contributed by atoms with Gasteiger partial charge in [-0.3, -0.25) is 10.2 Å². The number of amides is 1. The number of hydrogen-bond acceptors (Lipinski definition) is 5. The van der Waals surface area contributed by atoms with Crippen molar-refractivity contribution in [2.75, 3.05) is 0 Å². The number of hydrazine groups is 1. The summed E-state index contributed by atoms with van der Waals surface area (Å²) >= 11 is 5.71. The average Bonchev–Trinajstić information content (AvgIpc) is 2.60. The molecule has 2 N–H and O–H groups in total. The Hall–Kier alpha value is -2.60. The molecular formula is C16H14ClN3O4S. The van der Waals surface area contributed by atoms with E-state index in [1.54, 1.807) is 24.3 Å². The Morgan fingerprint density at radius 3 is 2.32 bits per heavy atom. The van der Waals surface area contributed by atoms with Crippen LogP contribution < -0.4 is 15.0 Å². The lowest BCUT2D eigenvalue weighted by Gasteiger charge is -2.15. The van der Waals surface area contributed by atoms with Crippen molar-refractivity contribution >= 4 is 27.5 Å². The largest absolute Gasteiger partial charge is 0.481 e. The van der Waals surface area contributed by atoms with Crippen LogP contribution in [0.3, 0.4) is 0 Å². The molecule has 0 saturated heterocycles. The molecule has 2 aromatic rings. The molecule has 0 aliphatic carbocycles. The van der Waals surface area contributed by atoms with Gasteiger partial charge in [0, 0.05) is 5.02 Å². The Labute approximate surface area is 150 Å². The minimum Gasteiger partial charge on any atom is -0.481 e. The van der Waals surface area contributed by atoms with Gasteiger partial charge in [-0.2, -0.15) is 5.26 Å². The Kier molecular flexibility index (Phi) is 5.98. The van der Waals surface area contributed by atoms with Crippen LogP contribution in [0.1, 0.15) is 12.5 Å². The Balaban J connectivity index is 1.94. The molecule has 7 nitrogen and oxygen atoms in total. The first kappa shape index (κ1) is 18.7. The molecule has 9 heteroatoms. The summed E-state index contributed by atoms with van der Waals surface area (Å²) in [5.74, 6) is -0.302. The van der Waals surface area contributed by atoms with Crippen molar-refractivity contribution in [2.45, 2.75) is 17.9 Å². The van der Waals surface area contributed by atoms with E-state index in [4.69, 9.17) is 21.6 Å². The number of benzene rings is 2. The number of nitriles is 1. The molecule has 2 aromatic carbocycles. The third kappa shape index (κ3) is 5.19. The van der Waals surface area contributed by atoms with Gasteiger partial charge in [-0.1, -0.05) is 11.6 Å². The van der Waals surface area contributed by atoms with Crippen molar-refractivity contribution in [2.24, 2.45) is 0 Å². The Bertz CT molecular complexity index is 890. The van der Waals surface area contributed by atoms with E-state index in [0.29, 0.717) is 16.3 Å². The fraction of sp³-hybridized carbons (Fsp3) is 0.125. The summed E-state index contributed by atoms with van der Waals surface area (Å²) in [5, 5.41) is 9.12. The molecule has 0 unspecified atom stereocenters. The lowest BCUT2D eigenvalue weighted by Crippen LogP contribution is -2.47. The lowest BCUT2D eigenvalue weighted by atomic mass is 10.2. The number of halogens is 1. The molecule has 0 aliphatic rings. The zero-order valence-corrected chi connectivity index (χ0v) is 14.6. The second-order valence-corrected chi connectivity index (χ2v) is 7.06. The van der Waals surface area contributed by atoms with Crippen LogP contribution in [0.5, 0.6) is 5.75 Å². The summed E-state index contributed by atoms with van der Waals surface area (Å²) in [6.45, 7) is 1.46. The van der Waals surface area contributed by atoms with E-state index in [-0.39, 0.29) is 4.90 Å². The normalized spacial score (nSPS) is 12.0. The van der Waals surface area contributed by atoms with E-state index in [9.17, 15) is 13.2 Å². The predicted molar refractivity (Wildman–Crippen MR) is 91.2 cm³/mol. The number of rotatable bonds is 6. The number of carbonyl (C=O) groups is 1. The first-order valence-electron chi connectivity index (χ1n) is 7.06. The van der Waals surface area contributed by atoms with Gasteiger partial charge >= 0.3 is 0 Å². The summed E-state index contributed by atoms with van der Waals surface area (Å²) in [6, 6.07) is 13.6. The number of hydrogen-bond donors (Lipinski definition) is 2. The highest BCUT2D eigenvalue weighted by Crippen LogP contribution is 2.14. The highest BCUT2D eigenvalue weighted by molar-refractivity contribution is 7.89. The molecule has 1 amide bonds. The third-order valence-corrected chi connectivity index (χ3v) is 4.61. The second-order valence-electron chi connectivity index (χ2n) is 4.94. The topological polar surface area (TPSA) is 108 Å². The van der Waals surface area contributed by atoms with Crippen LogP contribution in [0.2, 0.25) is 5.02 Å². The van der Waals surface area contributed by atoms with Crippen molar-refractivity contribution in [3.8, 4) is 11.8 Å². The Morgan fingerprint density at radius 1 is 1.16 bits per heavy atom. The quantitative estimate of drug-likeness (QED) is 0.746. The van der Waals surface area contributed by atoms with E-state index < -0.39 is 22.0 Å². The molecule has 0 bridgehead atoms. The van der Waals surface area contributed by atoms with Crippen LogP contribution >= 0.6 is 11.6 Å². The van der Waals surface area contributed by atoms with Crippen molar-refractivity contribution in [1.82, 2.24) is 10.3 Å². The van der Waals surface area contributed by atoms with Crippen LogP contribution in [-0.2, 0) is 14.8 Å². The van der Waals surface area contributed by atoms with Gasteiger partial charge in [0.1, 0.15) is 5.75 Å². The van der Waals surface area contributed by atoms with Gasteiger partial charge in [0.25, 0.3) is 15.9 Å². The third-order valence-electron chi connectivity index (χ3n) is 3.10. The Morgan fingerprint density at radius 2 is 1.76 bits per heavy atom. The lowest BCUT2D eigenvalue weighted by molar-refractivity contribution is -0.127. The first-order chi connectivity index (χ1) is 11.8. The maximum Gasteiger partial charge on any atom is 0.275 e. The molecule has 0 aromatic heterocycles. The molecule has 0 fully saturated rings. The highest BCUT2D eigenvalue weighted by atomic mass is 35.5. The van der Waals surface area contributed by atoms with E-state index in [1.165, 1.54) is 31.2 Å². The molecular weight excluding hydrogens is 366 g/mol. The van der Waals surface area contributed by atoms with Crippen LogP contribution in [0.25, 0.3) is 0 Å². The number of nitrogens with zero attached hydrogens (tertiary/aromatic N) is 1. The summed E-state index contributed by atoms with van der Waals surface area (Å²) in [7, 11) is -3.92. The van der Waals surface area contributed by atoms with Crippen molar-refractivity contribution < 1.29 is 17.9 Å².